The number of carbonyl (C=O) groups excluding carboxylic acids is 4. The summed E-state index contributed by atoms with van der Waals surface area (Å²) < 4.78 is 12.9. The van der Waals surface area contributed by atoms with Crippen molar-refractivity contribution in [3.05, 3.63) is 83.9 Å². The first-order valence-corrected chi connectivity index (χ1v) is 11.6. The third-order valence-electron chi connectivity index (χ3n) is 6.84. The molecule has 8 heteroatoms. The Bertz CT molecular complexity index is 1520. The molecule has 0 saturated carbocycles. The maximum absolute atomic E-state index is 13.4. The number of ether oxygens (including phenoxy) is 2. The Balaban J connectivity index is 1.30. The Morgan fingerprint density at radius 2 is 1.42 bits per heavy atom. The van der Waals surface area contributed by atoms with E-state index in [1.54, 1.807) is 24.3 Å². The maximum Gasteiger partial charge on any atom is 0.345 e. The lowest BCUT2D eigenvalue weighted by atomic mass is 9.92. The van der Waals surface area contributed by atoms with Crippen molar-refractivity contribution in [1.82, 2.24) is 4.90 Å². The molecule has 6 rings (SSSR count). The van der Waals surface area contributed by atoms with Gasteiger partial charge in [-0.3, -0.25) is 14.4 Å². The molecule has 0 bridgehead atoms. The highest BCUT2D eigenvalue weighted by molar-refractivity contribution is 6.13. The van der Waals surface area contributed by atoms with Crippen molar-refractivity contribution in [2.75, 3.05) is 0 Å². The highest BCUT2D eigenvalue weighted by Crippen LogP contribution is 2.38. The van der Waals surface area contributed by atoms with Gasteiger partial charge in [-0.2, -0.15) is 4.57 Å². The molecule has 0 radical (unpaired) electrons. The van der Waals surface area contributed by atoms with E-state index in [-0.39, 0.29) is 24.7 Å². The number of hydrogen-bond acceptors (Lipinski definition) is 6. The van der Waals surface area contributed by atoms with Crippen LogP contribution in [0.5, 0.6) is 5.75 Å². The average Bonchev–Trinajstić information content (AvgIpc) is 3.21. The summed E-state index contributed by atoms with van der Waals surface area (Å²) in [6.07, 6.45) is -0.693. The standard InChI is InChI=1S/C28H21N2O6/c1-29-20-8-4-2-6-18(20)25(19-7-3-5-9-21(19)29)28(34)35-17-12-10-16(11-13-17)24-26(36-27(24)33)30-22(31)14-15-23(30)32/h2-13,24,26H,14-15H2,1H3/q+1. The molecule has 0 aliphatic carbocycles. The van der Waals surface area contributed by atoms with Crippen LogP contribution in [0.3, 0.4) is 0 Å². The Kier molecular flexibility index (Phi) is 5.03. The second kappa shape index (κ2) is 8.27. The summed E-state index contributed by atoms with van der Waals surface area (Å²) >= 11 is 0. The predicted molar refractivity (Wildman–Crippen MR) is 128 cm³/mol. The Hall–Kier alpha value is -4.59. The predicted octanol–water partition coefficient (Wildman–Crippen LogP) is 3.15. The summed E-state index contributed by atoms with van der Waals surface area (Å²) in [6, 6.07) is 21.8. The number of aromatic nitrogens is 1. The van der Waals surface area contributed by atoms with Gasteiger partial charge >= 0.3 is 11.9 Å². The van der Waals surface area contributed by atoms with Crippen LogP contribution in [-0.2, 0) is 26.2 Å². The number of pyridine rings is 1. The van der Waals surface area contributed by atoms with E-state index in [9.17, 15) is 19.2 Å². The summed E-state index contributed by atoms with van der Waals surface area (Å²) in [6.45, 7) is 0. The number of amides is 2. The molecule has 2 amide bonds. The number of fused-ring (bicyclic) bond motifs is 2. The van der Waals surface area contributed by atoms with E-state index in [4.69, 9.17) is 9.47 Å². The van der Waals surface area contributed by atoms with Gasteiger partial charge in [-0.25, -0.2) is 9.69 Å². The van der Waals surface area contributed by atoms with Crippen molar-refractivity contribution >= 4 is 45.6 Å². The van der Waals surface area contributed by atoms with E-state index in [0.717, 1.165) is 26.7 Å². The van der Waals surface area contributed by atoms with Gasteiger partial charge in [-0.05, 0) is 29.8 Å². The molecular weight excluding hydrogens is 460 g/mol. The van der Waals surface area contributed by atoms with Crippen LogP contribution in [0.25, 0.3) is 21.8 Å². The lowest BCUT2D eigenvalue weighted by molar-refractivity contribution is -0.617. The van der Waals surface area contributed by atoms with E-state index in [1.807, 2.05) is 60.1 Å². The molecule has 2 aliphatic heterocycles. The zero-order valence-corrected chi connectivity index (χ0v) is 19.3. The Morgan fingerprint density at radius 3 is 1.97 bits per heavy atom. The van der Waals surface area contributed by atoms with Crippen LogP contribution in [0.2, 0.25) is 0 Å². The zero-order valence-electron chi connectivity index (χ0n) is 19.3. The van der Waals surface area contributed by atoms with E-state index < -0.39 is 24.1 Å². The number of likely N-dealkylation sites (tertiary alicyclic amines) is 1. The van der Waals surface area contributed by atoms with Crippen LogP contribution in [0.1, 0.15) is 34.7 Å². The van der Waals surface area contributed by atoms with Crippen molar-refractivity contribution in [3.63, 3.8) is 0 Å². The number of nitrogens with zero attached hydrogens (tertiary/aromatic N) is 2. The van der Waals surface area contributed by atoms with Gasteiger partial charge in [0.2, 0.25) is 29.1 Å². The SMILES string of the molecule is C[n+]1c2ccccc2c(C(=O)Oc2ccc(C3C(=O)OC3N3C(=O)CCC3=O)cc2)c2ccccc21. The highest BCUT2D eigenvalue weighted by atomic mass is 16.6. The lowest BCUT2D eigenvalue weighted by Gasteiger charge is -2.39. The number of hydrogen-bond donors (Lipinski definition) is 0. The minimum absolute atomic E-state index is 0.120. The third kappa shape index (κ3) is 3.33. The fourth-order valence-corrected chi connectivity index (χ4v) is 5.04. The normalized spacial score (nSPS) is 19.5. The molecule has 3 aromatic carbocycles. The first kappa shape index (κ1) is 21.9. The molecule has 4 aromatic rings. The quantitative estimate of drug-likeness (QED) is 0.146. The zero-order chi connectivity index (χ0) is 25.0. The Morgan fingerprint density at radius 1 is 0.861 bits per heavy atom. The van der Waals surface area contributed by atoms with Crippen LogP contribution in [0, 0.1) is 0 Å². The van der Waals surface area contributed by atoms with Crippen LogP contribution in [0.15, 0.2) is 72.8 Å². The largest absolute Gasteiger partial charge is 0.439 e. The molecule has 36 heavy (non-hydrogen) atoms. The molecule has 3 heterocycles. The third-order valence-corrected chi connectivity index (χ3v) is 6.84. The summed E-state index contributed by atoms with van der Waals surface area (Å²) in [5, 5.41) is 1.56. The molecule has 2 saturated heterocycles. The number of aryl methyl sites for hydroxylation is 1. The number of benzene rings is 3. The van der Waals surface area contributed by atoms with Crippen molar-refractivity contribution in [2.24, 2.45) is 7.05 Å². The van der Waals surface area contributed by atoms with Gasteiger partial charge in [0.05, 0.1) is 16.3 Å². The van der Waals surface area contributed by atoms with Gasteiger partial charge in [-0.1, -0.05) is 36.4 Å². The number of cyclic esters (lactones) is 1. The monoisotopic (exact) mass is 481 g/mol. The van der Waals surface area contributed by atoms with Crippen LogP contribution < -0.4 is 9.30 Å². The molecule has 178 valence electrons. The van der Waals surface area contributed by atoms with E-state index >= 15 is 0 Å². The maximum atomic E-state index is 13.4. The summed E-state index contributed by atoms with van der Waals surface area (Å²) in [5.41, 5.74) is 2.85. The molecule has 2 fully saturated rings. The van der Waals surface area contributed by atoms with Crippen molar-refractivity contribution in [3.8, 4) is 5.75 Å². The molecule has 1 aromatic heterocycles. The Labute approximate surface area is 205 Å². The molecule has 0 N–H and O–H groups in total. The topological polar surface area (TPSA) is 93.9 Å². The highest BCUT2D eigenvalue weighted by Gasteiger charge is 2.52. The smallest absolute Gasteiger partial charge is 0.345 e. The minimum atomic E-state index is -0.934. The van der Waals surface area contributed by atoms with Gasteiger partial charge in [-0.15, -0.1) is 0 Å². The number of para-hydroxylation sites is 2. The van der Waals surface area contributed by atoms with Crippen LogP contribution in [-0.4, -0.2) is 34.9 Å². The van der Waals surface area contributed by atoms with Gasteiger partial charge in [0.15, 0.2) is 0 Å². The van der Waals surface area contributed by atoms with Gasteiger partial charge in [0.1, 0.15) is 18.7 Å². The fourth-order valence-electron chi connectivity index (χ4n) is 5.04. The second-order valence-corrected chi connectivity index (χ2v) is 8.89. The number of imide groups is 1. The van der Waals surface area contributed by atoms with Crippen LogP contribution in [0.4, 0.5) is 0 Å². The second-order valence-electron chi connectivity index (χ2n) is 8.89. The number of rotatable bonds is 4. The molecule has 8 nitrogen and oxygen atoms in total. The lowest BCUT2D eigenvalue weighted by Crippen LogP contribution is -2.55. The van der Waals surface area contributed by atoms with Crippen molar-refractivity contribution < 1.29 is 33.2 Å². The van der Waals surface area contributed by atoms with Gasteiger partial charge in [0, 0.05) is 25.0 Å². The van der Waals surface area contributed by atoms with Crippen molar-refractivity contribution in [2.45, 2.75) is 25.0 Å². The first-order valence-electron chi connectivity index (χ1n) is 11.6. The number of esters is 2. The first-order chi connectivity index (χ1) is 17.4. The molecule has 0 spiro atoms. The summed E-state index contributed by atoms with van der Waals surface area (Å²) in [4.78, 5) is 50.8. The number of carbonyl (C=O) groups is 4. The molecule has 2 aliphatic rings. The minimum Gasteiger partial charge on any atom is -0.439 e. The molecule has 2 unspecified atom stereocenters. The summed E-state index contributed by atoms with van der Waals surface area (Å²) in [5.74, 6) is -2.14. The van der Waals surface area contributed by atoms with Gasteiger partial charge < -0.3 is 9.47 Å². The van der Waals surface area contributed by atoms with E-state index in [1.165, 1.54) is 0 Å². The molecule has 2 atom stereocenters. The van der Waals surface area contributed by atoms with Crippen LogP contribution >= 0.6 is 0 Å². The van der Waals surface area contributed by atoms with E-state index in [0.29, 0.717) is 16.9 Å². The fraction of sp³-hybridized carbons (Fsp3) is 0.179. The average molecular weight is 481 g/mol. The van der Waals surface area contributed by atoms with Crippen molar-refractivity contribution in [1.29, 1.82) is 0 Å². The van der Waals surface area contributed by atoms with Gasteiger partial charge in [0.25, 0.3) is 0 Å². The molecular formula is C28H21N2O6+. The van der Waals surface area contributed by atoms with E-state index in [2.05, 4.69) is 0 Å². The summed E-state index contributed by atoms with van der Waals surface area (Å²) in [7, 11) is 1.96.